The van der Waals surface area contributed by atoms with Gasteiger partial charge in [0.25, 0.3) is 5.91 Å². The molecular weight excluding hydrogens is 262 g/mol. The third kappa shape index (κ3) is 4.07. The van der Waals surface area contributed by atoms with E-state index in [1.54, 1.807) is 0 Å². The number of rotatable bonds is 3. The van der Waals surface area contributed by atoms with Gasteiger partial charge in [-0.15, -0.1) is 0 Å². The molecule has 0 aliphatic carbocycles. The van der Waals surface area contributed by atoms with Gasteiger partial charge in [0, 0.05) is 24.2 Å². The predicted molar refractivity (Wildman–Crippen MR) is 85.0 cm³/mol. The Morgan fingerprint density at radius 3 is 3.00 bits per heavy atom. The molecule has 1 amide bonds. The van der Waals surface area contributed by atoms with Crippen LogP contribution in [0.25, 0.3) is 0 Å². The van der Waals surface area contributed by atoms with Crippen LogP contribution in [-0.2, 0) is 0 Å². The molecule has 1 atom stereocenters. The van der Waals surface area contributed by atoms with Gasteiger partial charge in [-0.3, -0.25) is 4.79 Å². The Labute approximate surface area is 126 Å². The predicted octanol–water partition coefficient (Wildman–Crippen LogP) is 0.987. The summed E-state index contributed by atoms with van der Waals surface area (Å²) in [6.07, 6.45) is 1.15. The minimum atomic E-state index is -0.0153. The maximum atomic E-state index is 12.3. The van der Waals surface area contributed by atoms with E-state index in [4.69, 9.17) is 5.73 Å². The first-order chi connectivity index (χ1) is 10.1. The molecule has 1 aromatic rings. The fourth-order valence-electron chi connectivity index (χ4n) is 2.69. The molecule has 0 radical (unpaired) electrons. The van der Waals surface area contributed by atoms with E-state index < -0.39 is 0 Å². The lowest BCUT2D eigenvalue weighted by atomic mass is 10.0. The van der Waals surface area contributed by atoms with E-state index in [1.807, 2.05) is 25.1 Å². The number of carbonyl (C=O) groups excluding carboxylic acids is 1. The molecule has 1 aromatic carbocycles. The van der Waals surface area contributed by atoms with E-state index in [0.717, 1.165) is 37.2 Å². The van der Waals surface area contributed by atoms with Crippen LogP contribution in [-0.4, -0.2) is 44.0 Å². The smallest absolute Gasteiger partial charge is 0.251 e. The van der Waals surface area contributed by atoms with Crippen molar-refractivity contribution in [2.45, 2.75) is 13.3 Å². The number of amides is 1. The Hall–Kier alpha value is -1.83. The first kappa shape index (κ1) is 15.6. The van der Waals surface area contributed by atoms with Gasteiger partial charge in [0.15, 0.2) is 0 Å². The highest BCUT2D eigenvalue weighted by Gasteiger charge is 2.20. The van der Waals surface area contributed by atoms with Gasteiger partial charge in [-0.2, -0.15) is 0 Å². The fourth-order valence-corrected chi connectivity index (χ4v) is 2.69. The van der Waals surface area contributed by atoms with E-state index in [2.05, 4.69) is 29.1 Å². The van der Waals surface area contributed by atoms with Gasteiger partial charge in [-0.1, -0.05) is 17.9 Å². The van der Waals surface area contributed by atoms with Crippen LogP contribution in [0.15, 0.2) is 18.2 Å². The van der Waals surface area contributed by atoms with Crippen LogP contribution in [0.1, 0.15) is 27.9 Å². The van der Waals surface area contributed by atoms with Gasteiger partial charge < -0.3 is 16.0 Å². The van der Waals surface area contributed by atoms with Gasteiger partial charge >= 0.3 is 0 Å². The van der Waals surface area contributed by atoms with Crippen molar-refractivity contribution in [3.8, 4) is 11.8 Å². The molecule has 112 valence electrons. The van der Waals surface area contributed by atoms with E-state index in [0.29, 0.717) is 18.0 Å². The summed E-state index contributed by atoms with van der Waals surface area (Å²) < 4.78 is 0. The molecule has 0 aromatic heterocycles. The zero-order valence-corrected chi connectivity index (χ0v) is 12.8. The zero-order valence-electron chi connectivity index (χ0n) is 12.8. The molecule has 2 rings (SSSR count). The number of nitrogens with one attached hydrogen (secondary N) is 1. The summed E-state index contributed by atoms with van der Waals surface area (Å²) in [6.45, 7) is 5.16. The van der Waals surface area contributed by atoms with E-state index >= 15 is 0 Å². The number of nitrogens with zero attached hydrogens (tertiary/aromatic N) is 1. The van der Waals surface area contributed by atoms with Crippen LogP contribution in [0.4, 0.5) is 0 Å². The summed E-state index contributed by atoms with van der Waals surface area (Å²) in [5.74, 6) is 6.38. The van der Waals surface area contributed by atoms with E-state index in [9.17, 15) is 4.79 Å². The zero-order chi connectivity index (χ0) is 15.2. The lowest BCUT2D eigenvalue weighted by Crippen LogP contribution is -2.31. The standard InChI is InChI=1S/C17H23N3O/c1-13-15(6-4-9-18)5-3-7-16(13)17(21)19-11-14-8-10-20(2)12-14/h3,5,7,14H,8-12,18H2,1-2H3,(H,19,21). The summed E-state index contributed by atoms with van der Waals surface area (Å²) in [6, 6.07) is 5.63. The molecule has 21 heavy (non-hydrogen) atoms. The highest BCUT2D eigenvalue weighted by molar-refractivity contribution is 5.96. The van der Waals surface area contributed by atoms with Crippen LogP contribution < -0.4 is 11.1 Å². The monoisotopic (exact) mass is 285 g/mol. The van der Waals surface area contributed by atoms with E-state index in [-0.39, 0.29) is 5.91 Å². The third-order valence-corrected chi connectivity index (χ3v) is 3.94. The largest absolute Gasteiger partial charge is 0.352 e. The van der Waals surface area contributed by atoms with Crippen LogP contribution >= 0.6 is 0 Å². The number of benzene rings is 1. The molecule has 1 aliphatic rings. The summed E-state index contributed by atoms with van der Waals surface area (Å²) in [5, 5.41) is 3.05. The molecule has 0 saturated carbocycles. The average molecular weight is 285 g/mol. The fraction of sp³-hybridized carbons (Fsp3) is 0.471. The minimum absolute atomic E-state index is 0.0153. The van der Waals surface area contributed by atoms with Crippen LogP contribution in [0.2, 0.25) is 0 Å². The molecule has 3 N–H and O–H groups in total. The Morgan fingerprint density at radius 2 is 2.33 bits per heavy atom. The van der Waals surface area contributed by atoms with Gasteiger partial charge in [-0.05, 0) is 50.6 Å². The second-order valence-corrected chi connectivity index (χ2v) is 5.61. The number of carbonyl (C=O) groups is 1. The van der Waals surface area contributed by atoms with Gasteiger partial charge in [0.2, 0.25) is 0 Å². The van der Waals surface area contributed by atoms with Crippen molar-refractivity contribution in [1.82, 2.24) is 10.2 Å². The van der Waals surface area contributed by atoms with E-state index in [1.165, 1.54) is 0 Å². The summed E-state index contributed by atoms with van der Waals surface area (Å²) in [5.41, 5.74) is 7.88. The Bertz CT molecular complexity index is 571. The lowest BCUT2D eigenvalue weighted by molar-refractivity contribution is 0.0947. The number of likely N-dealkylation sites (tertiary alicyclic amines) is 1. The van der Waals surface area contributed by atoms with Crippen molar-refractivity contribution in [1.29, 1.82) is 0 Å². The highest BCUT2D eigenvalue weighted by atomic mass is 16.1. The molecule has 4 heteroatoms. The molecule has 1 fully saturated rings. The Balaban J connectivity index is 2.02. The van der Waals surface area contributed by atoms with Crippen molar-refractivity contribution >= 4 is 5.91 Å². The Kier molecular flexibility index (Phi) is 5.38. The second-order valence-electron chi connectivity index (χ2n) is 5.61. The van der Waals surface area contributed by atoms with Gasteiger partial charge in [0.1, 0.15) is 0 Å². The number of hydrogen-bond donors (Lipinski definition) is 2. The molecule has 0 bridgehead atoms. The van der Waals surface area contributed by atoms with Gasteiger partial charge in [-0.25, -0.2) is 0 Å². The van der Waals surface area contributed by atoms with Gasteiger partial charge in [0.05, 0.1) is 6.54 Å². The van der Waals surface area contributed by atoms with Crippen LogP contribution in [0.5, 0.6) is 0 Å². The first-order valence-electron chi connectivity index (χ1n) is 7.37. The normalized spacial score (nSPS) is 18.1. The third-order valence-electron chi connectivity index (χ3n) is 3.94. The van der Waals surface area contributed by atoms with Crippen molar-refractivity contribution in [2.24, 2.45) is 11.7 Å². The molecular formula is C17H23N3O. The topological polar surface area (TPSA) is 58.4 Å². The molecule has 1 aliphatic heterocycles. The lowest BCUT2D eigenvalue weighted by Gasteiger charge is -2.13. The van der Waals surface area contributed by atoms with Crippen molar-refractivity contribution in [2.75, 3.05) is 33.2 Å². The highest BCUT2D eigenvalue weighted by Crippen LogP contribution is 2.15. The number of nitrogens with two attached hydrogens (primary N) is 1. The average Bonchev–Trinajstić information content (AvgIpc) is 2.89. The van der Waals surface area contributed by atoms with Crippen molar-refractivity contribution in [3.05, 3.63) is 34.9 Å². The number of hydrogen-bond acceptors (Lipinski definition) is 3. The summed E-state index contributed by atoms with van der Waals surface area (Å²) >= 11 is 0. The Morgan fingerprint density at radius 1 is 1.52 bits per heavy atom. The SMILES string of the molecule is Cc1c(C#CCN)cccc1C(=O)NCC1CCN(C)C1. The molecule has 0 spiro atoms. The maximum Gasteiger partial charge on any atom is 0.251 e. The molecule has 1 saturated heterocycles. The molecule has 1 unspecified atom stereocenters. The maximum absolute atomic E-state index is 12.3. The van der Waals surface area contributed by atoms with Crippen molar-refractivity contribution in [3.63, 3.8) is 0 Å². The molecule has 1 heterocycles. The summed E-state index contributed by atoms with van der Waals surface area (Å²) in [7, 11) is 2.12. The summed E-state index contributed by atoms with van der Waals surface area (Å²) in [4.78, 5) is 14.6. The minimum Gasteiger partial charge on any atom is -0.352 e. The second kappa shape index (κ2) is 7.26. The van der Waals surface area contributed by atoms with Crippen LogP contribution in [0, 0.1) is 24.7 Å². The first-order valence-corrected chi connectivity index (χ1v) is 7.37. The quantitative estimate of drug-likeness (QED) is 0.814. The van der Waals surface area contributed by atoms with Crippen LogP contribution in [0.3, 0.4) is 0 Å². The molecule has 4 nitrogen and oxygen atoms in total. The van der Waals surface area contributed by atoms with Crippen molar-refractivity contribution < 1.29 is 4.79 Å².